The maximum atomic E-state index is 13.3. The Morgan fingerprint density at radius 2 is 1.78 bits per heavy atom. The second-order valence-corrected chi connectivity index (χ2v) is 11.5. The summed E-state index contributed by atoms with van der Waals surface area (Å²) >= 11 is 4.62. The van der Waals surface area contributed by atoms with Gasteiger partial charge in [0.2, 0.25) is 0 Å². The van der Waals surface area contributed by atoms with Crippen LogP contribution in [-0.2, 0) is 13.1 Å². The average molecular weight is 452 g/mol. The van der Waals surface area contributed by atoms with Gasteiger partial charge in [0, 0.05) is 44.3 Å². The zero-order valence-corrected chi connectivity index (χ0v) is 20.6. The Labute approximate surface area is 198 Å². The zero-order valence-electron chi connectivity index (χ0n) is 19.7. The molecule has 2 unspecified atom stereocenters. The van der Waals surface area contributed by atoms with Gasteiger partial charge in [0.25, 0.3) is 5.91 Å². The van der Waals surface area contributed by atoms with Crippen molar-refractivity contribution in [1.82, 2.24) is 14.5 Å². The van der Waals surface area contributed by atoms with Gasteiger partial charge in [0.05, 0.1) is 0 Å². The van der Waals surface area contributed by atoms with Crippen molar-refractivity contribution >= 4 is 18.7 Å². The van der Waals surface area contributed by atoms with E-state index in [2.05, 4.69) is 80.2 Å². The first-order valence-electron chi connectivity index (χ1n) is 11.8. The third-order valence-corrected chi connectivity index (χ3v) is 7.30. The van der Waals surface area contributed by atoms with Crippen LogP contribution < -0.4 is 5.32 Å². The monoisotopic (exact) mass is 451 g/mol. The van der Waals surface area contributed by atoms with Gasteiger partial charge in [0.1, 0.15) is 0 Å². The lowest BCUT2D eigenvalue weighted by atomic mass is 9.65. The maximum Gasteiger partial charge on any atom is 0.254 e. The number of fused-ring (bicyclic) bond motifs is 2. The molecule has 2 aromatic carbocycles. The fourth-order valence-electron chi connectivity index (χ4n) is 5.94. The molecular formula is C27H37N3OS. The molecule has 1 saturated heterocycles. The van der Waals surface area contributed by atoms with E-state index in [1.807, 2.05) is 22.5 Å². The molecule has 1 aliphatic carbocycles. The highest BCUT2D eigenvalue weighted by Gasteiger charge is 2.50. The smallest absolute Gasteiger partial charge is 0.254 e. The Hall–Kier alpha value is -1.82. The second kappa shape index (κ2) is 9.58. The standard InChI is InChI=1S/C27H37N3OS/c1-26(2)15-24-16-27(3,19-26)20-30(24)25(31)23-11-9-22(10-12-23)18-29(32)14-13-28-17-21-7-5-4-6-8-21/h4-12,24,28,32H,13-20H2,1-3H3. The summed E-state index contributed by atoms with van der Waals surface area (Å²) in [6.45, 7) is 11.3. The highest BCUT2D eigenvalue weighted by Crippen LogP contribution is 2.52. The summed E-state index contributed by atoms with van der Waals surface area (Å²) in [5, 5.41) is 3.46. The number of thiol groups is 1. The molecule has 2 atom stereocenters. The predicted octanol–water partition coefficient (Wildman–Crippen LogP) is 5.16. The number of carbonyl (C=O) groups excluding carboxylic acids is 1. The van der Waals surface area contributed by atoms with Gasteiger partial charge >= 0.3 is 0 Å². The van der Waals surface area contributed by atoms with Crippen LogP contribution in [0.15, 0.2) is 54.6 Å². The molecule has 4 nitrogen and oxygen atoms in total. The SMILES string of the molecule is CC1(C)CC2CC(C)(CN2C(=O)c2ccc(CN(S)CCNCc3ccccc3)cc2)C1. The number of amides is 1. The first-order valence-corrected chi connectivity index (χ1v) is 12.2. The number of nitrogens with zero attached hydrogens (tertiary/aromatic N) is 2. The molecule has 2 bridgehead atoms. The van der Waals surface area contributed by atoms with Crippen LogP contribution in [0, 0.1) is 10.8 Å². The van der Waals surface area contributed by atoms with Gasteiger partial charge in [-0.3, -0.25) is 4.79 Å². The number of hydrogen-bond donors (Lipinski definition) is 2. The average Bonchev–Trinajstić information content (AvgIpc) is 3.00. The van der Waals surface area contributed by atoms with Crippen molar-refractivity contribution in [2.45, 2.75) is 59.2 Å². The van der Waals surface area contributed by atoms with Gasteiger partial charge in [-0.05, 0) is 53.4 Å². The maximum absolute atomic E-state index is 13.3. The fraction of sp³-hybridized carbons (Fsp3) is 0.519. The summed E-state index contributed by atoms with van der Waals surface area (Å²) in [4.78, 5) is 15.4. The Bertz CT molecular complexity index is 914. The van der Waals surface area contributed by atoms with Gasteiger partial charge in [-0.2, -0.15) is 0 Å². The van der Waals surface area contributed by atoms with Crippen molar-refractivity contribution in [2.75, 3.05) is 19.6 Å². The minimum Gasteiger partial charge on any atom is -0.335 e. The first kappa shape index (κ1) is 23.3. The number of hydrogen-bond acceptors (Lipinski definition) is 4. The highest BCUT2D eigenvalue weighted by molar-refractivity contribution is 7.77. The molecule has 0 spiro atoms. The van der Waals surface area contributed by atoms with E-state index in [0.29, 0.717) is 11.5 Å². The van der Waals surface area contributed by atoms with E-state index in [1.165, 1.54) is 17.5 Å². The summed E-state index contributed by atoms with van der Waals surface area (Å²) in [6, 6.07) is 18.9. The first-order chi connectivity index (χ1) is 15.2. The summed E-state index contributed by atoms with van der Waals surface area (Å²) in [5.74, 6) is 0.191. The van der Waals surface area contributed by atoms with Crippen LogP contribution in [0.2, 0.25) is 0 Å². The minimum atomic E-state index is 0.191. The van der Waals surface area contributed by atoms with Crippen LogP contribution in [0.5, 0.6) is 0 Å². The molecule has 1 heterocycles. The molecule has 0 radical (unpaired) electrons. The van der Waals surface area contributed by atoms with Crippen molar-refractivity contribution in [3.63, 3.8) is 0 Å². The van der Waals surface area contributed by atoms with Crippen LogP contribution in [0.3, 0.4) is 0 Å². The summed E-state index contributed by atoms with van der Waals surface area (Å²) in [5.41, 5.74) is 3.86. The second-order valence-electron chi connectivity index (χ2n) is 10.9. The molecule has 0 aromatic heterocycles. The fourth-order valence-corrected chi connectivity index (χ4v) is 6.21. The third kappa shape index (κ3) is 5.75. The van der Waals surface area contributed by atoms with Crippen LogP contribution >= 0.6 is 12.8 Å². The summed E-state index contributed by atoms with van der Waals surface area (Å²) in [7, 11) is 0. The van der Waals surface area contributed by atoms with E-state index < -0.39 is 0 Å². The third-order valence-electron chi connectivity index (χ3n) is 6.96. The molecule has 2 fully saturated rings. The summed E-state index contributed by atoms with van der Waals surface area (Å²) in [6.07, 6.45) is 3.46. The molecule has 32 heavy (non-hydrogen) atoms. The topological polar surface area (TPSA) is 35.6 Å². The van der Waals surface area contributed by atoms with Gasteiger partial charge in [0.15, 0.2) is 0 Å². The van der Waals surface area contributed by atoms with Crippen molar-refractivity contribution in [2.24, 2.45) is 10.8 Å². The van der Waals surface area contributed by atoms with Crippen molar-refractivity contribution < 1.29 is 4.79 Å². The molecule has 1 aliphatic heterocycles. The van der Waals surface area contributed by atoms with Crippen molar-refractivity contribution in [1.29, 1.82) is 0 Å². The highest BCUT2D eigenvalue weighted by atomic mass is 32.1. The molecular weight excluding hydrogens is 414 g/mol. The number of rotatable bonds is 8. The Balaban J connectivity index is 1.26. The van der Waals surface area contributed by atoms with E-state index >= 15 is 0 Å². The summed E-state index contributed by atoms with van der Waals surface area (Å²) < 4.78 is 2.02. The molecule has 172 valence electrons. The van der Waals surface area contributed by atoms with Gasteiger partial charge < -0.3 is 10.2 Å². The zero-order chi connectivity index (χ0) is 22.8. The predicted molar refractivity (Wildman–Crippen MR) is 135 cm³/mol. The van der Waals surface area contributed by atoms with Gasteiger partial charge in [-0.1, -0.05) is 76.1 Å². The molecule has 5 heteroatoms. The molecule has 2 aromatic rings. The van der Waals surface area contributed by atoms with Crippen molar-refractivity contribution in [3.8, 4) is 0 Å². The largest absolute Gasteiger partial charge is 0.335 e. The lowest BCUT2D eigenvalue weighted by Gasteiger charge is -2.39. The van der Waals surface area contributed by atoms with Crippen LogP contribution in [0.25, 0.3) is 0 Å². The van der Waals surface area contributed by atoms with Crippen LogP contribution in [-0.4, -0.2) is 40.8 Å². The number of nitrogens with one attached hydrogen (secondary N) is 1. The van der Waals surface area contributed by atoms with Crippen LogP contribution in [0.4, 0.5) is 0 Å². The number of benzene rings is 2. The van der Waals surface area contributed by atoms with Gasteiger partial charge in [-0.15, -0.1) is 0 Å². The molecule has 1 amide bonds. The lowest BCUT2D eigenvalue weighted by Crippen LogP contribution is -2.37. The van der Waals surface area contributed by atoms with E-state index in [-0.39, 0.29) is 11.3 Å². The Morgan fingerprint density at radius 3 is 2.50 bits per heavy atom. The molecule has 1 saturated carbocycles. The quantitative estimate of drug-likeness (QED) is 0.430. The molecule has 4 rings (SSSR count). The normalized spacial score (nSPS) is 24.2. The van der Waals surface area contributed by atoms with E-state index in [1.54, 1.807) is 0 Å². The number of likely N-dealkylation sites (tertiary alicyclic amines) is 1. The Morgan fingerprint density at radius 1 is 1.06 bits per heavy atom. The molecule has 1 N–H and O–H groups in total. The van der Waals surface area contributed by atoms with Crippen LogP contribution in [0.1, 0.15) is 61.5 Å². The lowest BCUT2D eigenvalue weighted by molar-refractivity contribution is 0.0708. The van der Waals surface area contributed by atoms with Crippen molar-refractivity contribution in [3.05, 3.63) is 71.3 Å². The van der Waals surface area contributed by atoms with Gasteiger partial charge in [-0.25, -0.2) is 4.31 Å². The molecule has 2 aliphatic rings. The number of carbonyl (C=O) groups is 1. The van der Waals surface area contributed by atoms with E-state index in [9.17, 15) is 4.79 Å². The minimum absolute atomic E-state index is 0.191. The van der Waals surface area contributed by atoms with E-state index in [4.69, 9.17) is 0 Å². The van der Waals surface area contributed by atoms with E-state index in [0.717, 1.165) is 51.1 Å². The Kier molecular flexibility index (Phi) is 6.99.